The van der Waals surface area contributed by atoms with Crippen molar-refractivity contribution >= 4 is 29.1 Å². The van der Waals surface area contributed by atoms with Gasteiger partial charge in [0.25, 0.3) is 0 Å². The lowest BCUT2D eigenvalue weighted by Gasteiger charge is -2.33. The molecular formula is C21H23ClN2OS. The van der Waals surface area contributed by atoms with E-state index in [-0.39, 0.29) is 0 Å². The van der Waals surface area contributed by atoms with Crippen LogP contribution in [0.5, 0.6) is 5.75 Å². The topological polar surface area (TPSA) is 24.5 Å². The van der Waals surface area contributed by atoms with Crippen molar-refractivity contribution in [2.45, 2.75) is 29.7 Å². The van der Waals surface area contributed by atoms with Crippen molar-refractivity contribution in [1.82, 2.24) is 5.32 Å². The molecule has 5 heteroatoms. The summed E-state index contributed by atoms with van der Waals surface area (Å²) in [6, 6.07) is 11.4. The average Bonchev–Trinajstić information content (AvgIpc) is 2.83. The Kier molecular flexibility index (Phi) is 4.30. The SMILES string of the molecule is COc1ccc(-c2cc3c4c(c2)[C@H]2CNCC[C@H]2N4CCCS3)c(Cl)c1. The van der Waals surface area contributed by atoms with Crippen LogP contribution in [0.25, 0.3) is 11.1 Å². The Bertz CT molecular complexity index is 856. The van der Waals surface area contributed by atoms with Gasteiger partial charge in [-0.15, -0.1) is 11.8 Å². The van der Waals surface area contributed by atoms with Crippen LogP contribution in [0, 0.1) is 0 Å². The van der Waals surface area contributed by atoms with Crippen LogP contribution in [0.15, 0.2) is 35.2 Å². The number of piperidine rings is 1. The van der Waals surface area contributed by atoms with E-state index in [1.807, 2.05) is 23.9 Å². The second-order valence-corrected chi connectivity index (χ2v) is 8.86. The molecule has 2 aromatic carbocycles. The minimum absolute atomic E-state index is 0.591. The summed E-state index contributed by atoms with van der Waals surface area (Å²) in [6.07, 6.45) is 2.50. The summed E-state index contributed by atoms with van der Waals surface area (Å²) in [6.45, 7) is 3.40. The zero-order valence-electron chi connectivity index (χ0n) is 14.9. The molecule has 0 bridgehead atoms. The molecule has 3 aliphatic rings. The Morgan fingerprint density at radius 1 is 1.27 bits per heavy atom. The third-order valence-electron chi connectivity index (χ3n) is 5.93. The predicted molar refractivity (Wildman–Crippen MR) is 110 cm³/mol. The Labute approximate surface area is 164 Å². The van der Waals surface area contributed by atoms with E-state index in [4.69, 9.17) is 16.3 Å². The molecule has 3 heterocycles. The fourth-order valence-electron chi connectivity index (χ4n) is 4.74. The van der Waals surface area contributed by atoms with Crippen molar-refractivity contribution in [2.24, 2.45) is 0 Å². The summed E-state index contributed by atoms with van der Waals surface area (Å²) >= 11 is 8.60. The summed E-state index contributed by atoms with van der Waals surface area (Å²) in [5.41, 5.74) is 5.33. The van der Waals surface area contributed by atoms with Crippen LogP contribution in [0.4, 0.5) is 5.69 Å². The lowest BCUT2D eigenvalue weighted by atomic mass is 9.88. The van der Waals surface area contributed by atoms with Gasteiger partial charge in [0, 0.05) is 35.5 Å². The van der Waals surface area contributed by atoms with Gasteiger partial charge in [-0.1, -0.05) is 11.6 Å². The molecule has 1 saturated heterocycles. The van der Waals surface area contributed by atoms with Crippen LogP contribution in [-0.4, -0.2) is 38.5 Å². The molecule has 2 atom stereocenters. The number of hydrogen-bond donors (Lipinski definition) is 1. The molecule has 5 rings (SSSR count). The highest BCUT2D eigenvalue weighted by Crippen LogP contribution is 2.51. The Morgan fingerprint density at radius 2 is 2.19 bits per heavy atom. The van der Waals surface area contributed by atoms with Crippen molar-refractivity contribution in [2.75, 3.05) is 37.4 Å². The summed E-state index contributed by atoms with van der Waals surface area (Å²) in [5, 5.41) is 4.36. The van der Waals surface area contributed by atoms with Crippen LogP contribution < -0.4 is 15.0 Å². The average molecular weight is 387 g/mol. The number of rotatable bonds is 2. The number of fused-ring (bicyclic) bond motifs is 3. The van der Waals surface area contributed by atoms with Gasteiger partial charge in [-0.2, -0.15) is 0 Å². The molecular weight excluding hydrogens is 364 g/mol. The monoisotopic (exact) mass is 386 g/mol. The van der Waals surface area contributed by atoms with Crippen molar-refractivity contribution < 1.29 is 4.74 Å². The molecule has 0 amide bonds. The second-order valence-electron chi connectivity index (χ2n) is 7.32. The van der Waals surface area contributed by atoms with E-state index < -0.39 is 0 Å². The number of benzene rings is 2. The molecule has 0 saturated carbocycles. The standard InChI is InChI=1S/C21H23ClN2OS/c1-25-14-3-4-15(18(22)11-14)13-9-16-17-12-23-6-5-19(17)24-7-2-8-26-20(10-13)21(16)24/h3-4,9-11,17,19,23H,2,5-8,12H2,1H3/t17-,19-/m1/s1. The Balaban J connectivity index is 1.66. The fourth-order valence-corrected chi connectivity index (χ4v) is 6.09. The Hall–Kier alpha value is -1.36. The van der Waals surface area contributed by atoms with E-state index in [0.717, 1.165) is 29.4 Å². The van der Waals surface area contributed by atoms with E-state index in [2.05, 4.69) is 28.4 Å². The molecule has 26 heavy (non-hydrogen) atoms. The number of hydrogen-bond acceptors (Lipinski definition) is 4. The number of ether oxygens (including phenoxy) is 1. The summed E-state index contributed by atoms with van der Waals surface area (Å²) in [7, 11) is 1.68. The number of methoxy groups -OCH3 is 1. The molecule has 0 spiro atoms. The largest absolute Gasteiger partial charge is 0.497 e. The van der Waals surface area contributed by atoms with Crippen molar-refractivity contribution in [3.63, 3.8) is 0 Å². The number of halogens is 1. The van der Waals surface area contributed by atoms with Crippen LogP contribution >= 0.6 is 23.4 Å². The molecule has 3 aliphatic heterocycles. The molecule has 3 nitrogen and oxygen atoms in total. The molecule has 0 aromatic heterocycles. The van der Waals surface area contributed by atoms with Gasteiger partial charge in [0.2, 0.25) is 0 Å². The third-order valence-corrected chi connectivity index (χ3v) is 7.35. The molecule has 0 radical (unpaired) electrons. The van der Waals surface area contributed by atoms with Gasteiger partial charge in [-0.05, 0) is 66.6 Å². The van der Waals surface area contributed by atoms with E-state index in [1.165, 1.54) is 46.8 Å². The minimum Gasteiger partial charge on any atom is -0.497 e. The Morgan fingerprint density at radius 3 is 3.04 bits per heavy atom. The van der Waals surface area contributed by atoms with Gasteiger partial charge in [0.15, 0.2) is 0 Å². The minimum atomic E-state index is 0.591. The lowest BCUT2D eigenvalue weighted by molar-refractivity contribution is 0.403. The molecule has 136 valence electrons. The van der Waals surface area contributed by atoms with Gasteiger partial charge < -0.3 is 15.0 Å². The first-order chi connectivity index (χ1) is 12.8. The van der Waals surface area contributed by atoms with Crippen LogP contribution in [0.3, 0.4) is 0 Å². The quantitative estimate of drug-likeness (QED) is 0.802. The van der Waals surface area contributed by atoms with Crippen molar-refractivity contribution in [1.29, 1.82) is 0 Å². The summed E-state index contributed by atoms with van der Waals surface area (Å²) < 4.78 is 5.31. The summed E-state index contributed by atoms with van der Waals surface area (Å²) in [4.78, 5) is 4.13. The summed E-state index contributed by atoms with van der Waals surface area (Å²) in [5.74, 6) is 2.58. The zero-order valence-corrected chi connectivity index (χ0v) is 16.5. The van der Waals surface area contributed by atoms with E-state index in [0.29, 0.717) is 12.0 Å². The lowest BCUT2D eigenvalue weighted by Crippen LogP contribution is -2.44. The maximum absolute atomic E-state index is 6.59. The molecule has 1 fully saturated rings. The zero-order chi connectivity index (χ0) is 17.7. The third kappa shape index (κ3) is 2.62. The molecule has 0 aliphatic carbocycles. The number of nitrogens with one attached hydrogen (secondary N) is 1. The maximum Gasteiger partial charge on any atom is 0.120 e. The van der Waals surface area contributed by atoms with Gasteiger partial charge in [0.1, 0.15) is 5.75 Å². The first-order valence-corrected chi connectivity index (χ1v) is 10.7. The van der Waals surface area contributed by atoms with Gasteiger partial charge in [0.05, 0.1) is 17.8 Å². The maximum atomic E-state index is 6.59. The molecule has 0 unspecified atom stereocenters. The van der Waals surface area contributed by atoms with Crippen molar-refractivity contribution in [3.05, 3.63) is 40.9 Å². The highest BCUT2D eigenvalue weighted by Gasteiger charge is 2.41. The van der Waals surface area contributed by atoms with Crippen LogP contribution in [0.2, 0.25) is 5.02 Å². The highest BCUT2D eigenvalue weighted by molar-refractivity contribution is 7.99. The first kappa shape index (κ1) is 16.8. The molecule has 2 aromatic rings. The fraction of sp³-hybridized carbons (Fsp3) is 0.429. The number of nitrogens with zero attached hydrogens (tertiary/aromatic N) is 1. The predicted octanol–water partition coefficient (Wildman–Crippen LogP) is 4.78. The highest BCUT2D eigenvalue weighted by atomic mass is 35.5. The van der Waals surface area contributed by atoms with E-state index in [9.17, 15) is 0 Å². The van der Waals surface area contributed by atoms with E-state index >= 15 is 0 Å². The number of anilines is 1. The second kappa shape index (κ2) is 6.66. The van der Waals surface area contributed by atoms with E-state index in [1.54, 1.807) is 7.11 Å². The molecule has 1 N–H and O–H groups in total. The van der Waals surface area contributed by atoms with Gasteiger partial charge in [-0.3, -0.25) is 0 Å². The van der Waals surface area contributed by atoms with Crippen molar-refractivity contribution in [3.8, 4) is 16.9 Å². The van der Waals surface area contributed by atoms with Gasteiger partial charge >= 0.3 is 0 Å². The normalized spacial score (nSPS) is 24.0. The number of thioether (sulfide) groups is 1. The van der Waals surface area contributed by atoms with Gasteiger partial charge in [-0.25, -0.2) is 0 Å². The first-order valence-electron chi connectivity index (χ1n) is 9.38. The smallest absolute Gasteiger partial charge is 0.120 e. The van der Waals surface area contributed by atoms with Crippen LogP contribution in [-0.2, 0) is 0 Å². The van der Waals surface area contributed by atoms with Crippen LogP contribution in [0.1, 0.15) is 24.3 Å².